The molecule has 0 radical (unpaired) electrons. The average Bonchev–Trinajstić information content (AvgIpc) is 2.97. The molecule has 0 bridgehead atoms. The summed E-state index contributed by atoms with van der Waals surface area (Å²) in [6.45, 7) is 4.43. The van der Waals surface area contributed by atoms with Crippen LogP contribution in [0.5, 0.6) is 0 Å². The summed E-state index contributed by atoms with van der Waals surface area (Å²) in [4.78, 5) is 14.0. The molecule has 3 nitrogen and oxygen atoms in total. The first-order valence-corrected chi connectivity index (χ1v) is 7.63. The van der Waals surface area contributed by atoms with Crippen molar-refractivity contribution in [3.05, 3.63) is 35.9 Å². The minimum atomic E-state index is -0.260. The van der Waals surface area contributed by atoms with Crippen molar-refractivity contribution in [3.63, 3.8) is 0 Å². The summed E-state index contributed by atoms with van der Waals surface area (Å²) in [5.74, 6) is 0.615. The highest BCUT2D eigenvalue weighted by Crippen LogP contribution is 2.32. The van der Waals surface area contributed by atoms with Gasteiger partial charge >= 0.3 is 0 Å². The van der Waals surface area contributed by atoms with Gasteiger partial charge in [0.1, 0.15) is 6.29 Å². The van der Waals surface area contributed by atoms with Gasteiger partial charge in [-0.15, -0.1) is 0 Å². The summed E-state index contributed by atoms with van der Waals surface area (Å²) < 4.78 is 5.54. The molecule has 2 aliphatic heterocycles. The summed E-state index contributed by atoms with van der Waals surface area (Å²) in [5.41, 5.74) is 1.17. The summed E-state index contributed by atoms with van der Waals surface area (Å²) >= 11 is 0. The third-order valence-electron chi connectivity index (χ3n) is 4.68. The molecule has 2 saturated heterocycles. The lowest BCUT2D eigenvalue weighted by atomic mass is 9.83. The van der Waals surface area contributed by atoms with Gasteiger partial charge in [0.15, 0.2) is 0 Å². The van der Waals surface area contributed by atoms with Crippen LogP contribution in [0.3, 0.4) is 0 Å². The Balaban J connectivity index is 1.61. The Morgan fingerprint density at radius 1 is 1.35 bits per heavy atom. The highest BCUT2D eigenvalue weighted by molar-refractivity contribution is 5.60. The quantitative estimate of drug-likeness (QED) is 0.789. The van der Waals surface area contributed by atoms with Crippen LogP contribution < -0.4 is 0 Å². The van der Waals surface area contributed by atoms with Crippen LogP contribution in [0.4, 0.5) is 0 Å². The van der Waals surface area contributed by atoms with E-state index in [-0.39, 0.29) is 5.41 Å². The molecule has 0 amide bonds. The molecule has 2 unspecified atom stereocenters. The van der Waals surface area contributed by atoms with Crippen molar-refractivity contribution < 1.29 is 9.53 Å². The third-order valence-corrected chi connectivity index (χ3v) is 4.68. The number of carbonyl (C=O) groups excluding carboxylic acids is 1. The molecule has 2 heterocycles. The smallest absolute Gasteiger partial charge is 0.129 e. The van der Waals surface area contributed by atoms with E-state index >= 15 is 0 Å². The molecule has 0 aliphatic carbocycles. The molecule has 3 rings (SSSR count). The number of aldehydes is 1. The Morgan fingerprint density at radius 3 is 2.90 bits per heavy atom. The number of hydrogen-bond acceptors (Lipinski definition) is 3. The summed E-state index contributed by atoms with van der Waals surface area (Å²) in [5, 5.41) is 0. The van der Waals surface area contributed by atoms with Gasteiger partial charge in [-0.1, -0.05) is 30.3 Å². The highest BCUT2D eigenvalue weighted by Gasteiger charge is 2.36. The molecule has 0 N–H and O–H groups in total. The van der Waals surface area contributed by atoms with Gasteiger partial charge < -0.3 is 14.4 Å². The lowest BCUT2D eigenvalue weighted by Gasteiger charge is -2.35. The van der Waals surface area contributed by atoms with E-state index in [0.29, 0.717) is 12.5 Å². The molecule has 2 atom stereocenters. The van der Waals surface area contributed by atoms with Gasteiger partial charge in [-0.3, -0.25) is 0 Å². The Morgan fingerprint density at radius 2 is 2.20 bits per heavy atom. The van der Waals surface area contributed by atoms with E-state index in [0.717, 1.165) is 45.4 Å². The second-order valence-corrected chi connectivity index (χ2v) is 6.27. The normalized spacial score (nSPS) is 31.3. The number of likely N-dealkylation sites (tertiary alicyclic amines) is 1. The lowest BCUT2D eigenvalue weighted by molar-refractivity contribution is -0.125. The Kier molecular flexibility index (Phi) is 4.18. The topological polar surface area (TPSA) is 29.5 Å². The first-order valence-electron chi connectivity index (χ1n) is 7.63. The van der Waals surface area contributed by atoms with E-state index < -0.39 is 0 Å². The molecular formula is C17H23NO2. The van der Waals surface area contributed by atoms with Gasteiger partial charge in [0.05, 0.1) is 12.0 Å². The minimum absolute atomic E-state index is 0.260. The van der Waals surface area contributed by atoms with E-state index in [2.05, 4.69) is 35.2 Å². The van der Waals surface area contributed by atoms with E-state index in [1.165, 1.54) is 12.0 Å². The van der Waals surface area contributed by atoms with E-state index in [4.69, 9.17) is 4.74 Å². The number of carbonyl (C=O) groups is 1. The van der Waals surface area contributed by atoms with Gasteiger partial charge in [0.25, 0.3) is 0 Å². The zero-order chi connectivity index (χ0) is 13.8. The summed E-state index contributed by atoms with van der Waals surface area (Å²) in [6, 6.07) is 10.7. The number of ether oxygens (including phenoxy) is 1. The molecule has 1 aromatic rings. The standard InChI is InChI=1S/C17H23NO2/c19-13-17(8-4-10-20-14-17)12-18-9-7-16(11-18)15-5-2-1-3-6-15/h1-3,5-6,13,16H,4,7-12,14H2. The zero-order valence-corrected chi connectivity index (χ0v) is 12.0. The van der Waals surface area contributed by atoms with Crippen molar-refractivity contribution in [1.82, 2.24) is 4.90 Å². The minimum Gasteiger partial charge on any atom is -0.380 e. The predicted molar refractivity (Wildman–Crippen MR) is 78.8 cm³/mol. The fourth-order valence-corrected chi connectivity index (χ4v) is 3.55. The maximum absolute atomic E-state index is 11.5. The predicted octanol–water partition coefficient (Wildman–Crippen LogP) is 2.47. The molecule has 20 heavy (non-hydrogen) atoms. The SMILES string of the molecule is O=CC1(CN2CCC(c3ccccc3)C2)CCCOC1. The van der Waals surface area contributed by atoms with Gasteiger partial charge in [0, 0.05) is 19.7 Å². The molecule has 0 aromatic heterocycles. The third kappa shape index (κ3) is 2.94. The van der Waals surface area contributed by atoms with Crippen molar-refractivity contribution in [2.45, 2.75) is 25.2 Å². The van der Waals surface area contributed by atoms with Crippen molar-refractivity contribution in [1.29, 1.82) is 0 Å². The van der Waals surface area contributed by atoms with Gasteiger partial charge in [-0.25, -0.2) is 0 Å². The second-order valence-electron chi connectivity index (χ2n) is 6.27. The first kappa shape index (κ1) is 13.8. The molecule has 2 fully saturated rings. The van der Waals surface area contributed by atoms with Crippen LogP contribution in [-0.2, 0) is 9.53 Å². The van der Waals surface area contributed by atoms with Crippen LogP contribution >= 0.6 is 0 Å². The Labute approximate surface area is 120 Å². The number of nitrogens with zero attached hydrogens (tertiary/aromatic N) is 1. The van der Waals surface area contributed by atoms with Gasteiger partial charge in [0.2, 0.25) is 0 Å². The zero-order valence-electron chi connectivity index (χ0n) is 12.0. The Bertz CT molecular complexity index is 440. The highest BCUT2D eigenvalue weighted by atomic mass is 16.5. The van der Waals surface area contributed by atoms with Crippen LogP contribution in [-0.4, -0.2) is 44.0 Å². The molecule has 2 aliphatic rings. The van der Waals surface area contributed by atoms with E-state index in [1.54, 1.807) is 0 Å². The monoisotopic (exact) mass is 273 g/mol. The molecule has 1 aromatic carbocycles. The van der Waals surface area contributed by atoms with Crippen LogP contribution in [0.25, 0.3) is 0 Å². The van der Waals surface area contributed by atoms with Crippen molar-refractivity contribution in [2.75, 3.05) is 32.8 Å². The summed E-state index contributed by atoms with van der Waals surface area (Å²) in [6.07, 6.45) is 4.32. The lowest BCUT2D eigenvalue weighted by Crippen LogP contribution is -2.43. The number of hydrogen-bond donors (Lipinski definition) is 0. The number of rotatable bonds is 4. The first-order chi connectivity index (χ1) is 9.81. The fraction of sp³-hybridized carbons (Fsp3) is 0.588. The molecular weight excluding hydrogens is 250 g/mol. The average molecular weight is 273 g/mol. The molecule has 3 heteroatoms. The van der Waals surface area contributed by atoms with Crippen molar-refractivity contribution >= 4 is 6.29 Å². The second kappa shape index (κ2) is 6.06. The molecule has 108 valence electrons. The van der Waals surface area contributed by atoms with Crippen LogP contribution in [0.1, 0.15) is 30.7 Å². The Hall–Kier alpha value is -1.19. The molecule has 0 saturated carbocycles. The fourth-order valence-electron chi connectivity index (χ4n) is 3.55. The van der Waals surface area contributed by atoms with E-state index in [1.807, 2.05) is 0 Å². The van der Waals surface area contributed by atoms with E-state index in [9.17, 15) is 4.79 Å². The molecule has 0 spiro atoms. The van der Waals surface area contributed by atoms with Gasteiger partial charge in [-0.05, 0) is 37.3 Å². The van der Waals surface area contributed by atoms with Crippen LogP contribution in [0, 0.1) is 5.41 Å². The number of benzene rings is 1. The van der Waals surface area contributed by atoms with Gasteiger partial charge in [-0.2, -0.15) is 0 Å². The maximum atomic E-state index is 11.5. The van der Waals surface area contributed by atoms with Crippen LogP contribution in [0.2, 0.25) is 0 Å². The van der Waals surface area contributed by atoms with Crippen molar-refractivity contribution in [3.8, 4) is 0 Å². The summed E-state index contributed by atoms with van der Waals surface area (Å²) in [7, 11) is 0. The van der Waals surface area contributed by atoms with Crippen molar-refractivity contribution in [2.24, 2.45) is 5.41 Å². The maximum Gasteiger partial charge on any atom is 0.129 e. The van der Waals surface area contributed by atoms with Crippen LogP contribution in [0.15, 0.2) is 30.3 Å². The largest absolute Gasteiger partial charge is 0.380 e.